The number of hydrogen-bond acceptors (Lipinski definition) is 3. The van der Waals surface area contributed by atoms with Crippen LogP contribution in [0.3, 0.4) is 0 Å². The minimum atomic E-state index is -0.891. The van der Waals surface area contributed by atoms with Gasteiger partial charge < -0.3 is 5.11 Å². The lowest BCUT2D eigenvalue weighted by Gasteiger charge is -2.29. The van der Waals surface area contributed by atoms with Gasteiger partial charge in [0.05, 0.1) is 17.2 Å². The third-order valence-electron chi connectivity index (χ3n) is 3.43. The Morgan fingerprint density at radius 2 is 1.83 bits per heavy atom. The molecular formula is C19H21FN2O. The van der Waals surface area contributed by atoms with E-state index in [9.17, 15) is 9.50 Å². The number of benzene rings is 2. The monoisotopic (exact) mass is 312 g/mol. The minimum absolute atomic E-state index is 0.334. The lowest BCUT2D eigenvalue weighted by molar-refractivity contribution is 0.0303. The van der Waals surface area contributed by atoms with Crippen LogP contribution in [-0.2, 0) is 13.1 Å². The molecule has 0 bridgehead atoms. The first kappa shape index (κ1) is 17.1. The predicted octanol–water partition coefficient (Wildman–Crippen LogP) is 3.47. The summed E-state index contributed by atoms with van der Waals surface area (Å²) in [5, 5.41) is 19.1. The first-order valence-corrected chi connectivity index (χ1v) is 7.54. The minimum Gasteiger partial charge on any atom is -0.389 e. The standard InChI is InChI=1S/C19H21FN2O/c1-19(2,23)14-22(12-15-6-4-3-5-7-15)13-17-10-16(11-21)8-9-18(17)20/h3-10,23H,12-14H2,1-2H3. The summed E-state index contributed by atoms with van der Waals surface area (Å²) in [6.07, 6.45) is 0. The Bertz CT molecular complexity index is 687. The first-order chi connectivity index (χ1) is 10.9. The van der Waals surface area contributed by atoms with Crippen LogP contribution in [0.25, 0.3) is 0 Å². The Morgan fingerprint density at radius 1 is 1.13 bits per heavy atom. The van der Waals surface area contributed by atoms with Gasteiger partial charge in [0, 0.05) is 25.2 Å². The van der Waals surface area contributed by atoms with Crippen molar-refractivity contribution in [2.75, 3.05) is 6.54 Å². The maximum atomic E-state index is 14.0. The molecule has 0 amide bonds. The van der Waals surface area contributed by atoms with E-state index in [4.69, 9.17) is 5.26 Å². The van der Waals surface area contributed by atoms with Gasteiger partial charge in [-0.25, -0.2) is 4.39 Å². The predicted molar refractivity (Wildman–Crippen MR) is 88.0 cm³/mol. The largest absolute Gasteiger partial charge is 0.389 e. The topological polar surface area (TPSA) is 47.3 Å². The second kappa shape index (κ2) is 7.36. The summed E-state index contributed by atoms with van der Waals surface area (Å²) in [4.78, 5) is 1.98. The number of nitriles is 1. The molecule has 0 aromatic heterocycles. The molecule has 120 valence electrons. The average Bonchev–Trinajstić information content (AvgIpc) is 2.49. The van der Waals surface area contributed by atoms with E-state index in [1.54, 1.807) is 19.9 Å². The molecule has 2 rings (SSSR count). The van der Waals surface area contributed by atoms with Crippen LogP contribution in [0.15, 0.2) is 48.5 Å². The highest BCUT2D eigenvalue weighted by molar-refractivity contribution is 5.33. The highest BCUT2D eigenvalue weighted by Crippen LogP contribution is 2.17. The van der Waals surface area contributed by atoms with Crippen LogP contribution < -0.4 is 0 Å². The molecule has 0 spiro atoms. The molecule has 0 saturated carbocycles. The van der Waals surface area contributed by atoms with E-state index < -0.39 is 5.60 Å². The van der Waals surface area contributed by atoms with Gasteiger partial charge in [-0.2, -0.15) is 5.26 Å². The Hall–Kier alpha value is -2.22. The number of nitrogens with zero attached hydrogens (tertiary/aromatic N) is 2. The number of rotatable bonds is 6. The van der Waals surface area contributed by atoms with Crippen LogP contribution in [0.5, 0.6) is 0 Å². The van der Waals surface area contributed by atoms with E-state index in [1.165, 1.54) is 12.1 Å². The van der Waals surface area contributed by atoms with E-state index in [0.717, 1.165) is 5.56 Å². The normalized spacial score (nSPS) is 11.5. The molecule has 3 nitrogen and oxygen atoms in total. The smallest absolute Gasteiger partial charge is 0.127 e. The van der Waals surface area contributed by atoms with Crippen molar-refractivity contribution in [1.29, 1.82) is 5.26 Å². The van der Waals surface area contributed by atoms with Crippen LogP contribution in [0, 0.1) is 17.1 Å². The van der Waals surface area contributed by atoms with Gasteiger partial charge in [0.25, 0.3) is 0 Å². The van der Waals surface area contributed by atoms with E-state index in [1.807, 2.05) is 41.3 Å². The fraction of sp³-hybridized carbons (Fsp3) is 0.316. The van der Waals surface area contributed by atoms with Gasteiger partial charge in [0.2, 0.25) is 0 Å². The van der Waals surface area contributed by atoms with Crippen LogP contribution >= 0.6 is 0 Å². The summed E-state index contributed by atoms with van der Waals surface area (Å²) in [7, 11) is 0. The second-order valence-electron chi connectivity index (χ2n) is 6.36. The molecule has 0 atom stereocenters. The van der Waals surface area contributed by atoms with Crippen molar-refractivity contribution in [3.63, 3.8) is 0 Å². The zero-order valence-corrected chi connectivity index (χ0v) is 13.5. The molecule has 23 heavy (non-hydrogen) atoms. The highest BCUT2D eigenvalue weighted by atomic mass is 19.1. The highest BCUT2D eigenvalue weighted by Gasteiger charge is 2.20. The Labute approximate surface area is 136 Å². The molecule has 2 aromatic rings. The third kappa shape index (κ3) is 5.48. The molecule has 2 aromatic carbocycles. The van der Waals surface area contributed by atoms with Crippen molar-refractivity contribution in [3.8, 4) is 6.07 Å². The van der Waals surface area contributed by atoms with Crippen molar-refractivity contribution < 1.29 is 9.50 Å². The van der Waals surface area contributed by atoms with Gasteiger partial charge in [0.1, 0.15) is 5.82 Å². The maximum absolute atomic E-state index is 14.0. The van der Waals surface area contributed by atoms with Crippen molar-refractivity contribution in [1.82, 2.24) is 4.90 Å². The SMILES string of the molecule is CC(C)(O)CN(Cc1ccccc1)Cc1cc(C#N)ccc1F. The first-order valence-electron chi connectivity index (χ1n) is 7.54. The van der Waals surface area contributed by atoms with Gasteiger partial charge in [0.15, 0.2) is 0 Å². The molecule has 4 heteroatoms. The fourth-order valence-corrected chi connectivity index (χ4v) is 2.56. The zero-order chi connectivity index (χ0) is 16.9. The quantitative estimate of drug-likeness (QED) is 0.888. The molecular weight excluding hydrogens is 291 g/mol. The van der Waals surface area contributed by atoms with Gasteiger partial charge in [-0.1, -0.05) is 30.3 Å². The fourth-order valence-electron chi connectivity index (χ4n) is 2.56. The van der Waals surface area contributed by atoms with Crippen molar-refractivity contribution in [2.45, 2.75) is 32.5 Å². The average molecular weight is 312 g/mol. The molecule has 0 aliphatic carbocycles. The van der Waals surface area contributed by atoms with E-state index in [0.29, 0.717) is 30.8 Å². The number of halogens is 1. The third-order valence-corrected chi connectivity index (χ3v) is 3.43. The summed E-state index contributed by atoms with van der Waals surface area (Å²) < 4.78 is 14.0. The zero-order valence-electron chi connectivity index (χ0n) is 13.5. The van der Waals surface area contributed by atoms with Crippen LogP contribution in [0.1, 0.15) is 30.5 Å². The lowest BCUT2D eigenvalue weighted by atomic mass is 10.1. The van der Waals surface area contributed by atoms with Crippen molar-refractivity contribution >= 4 is 0 Å². The van der Waals surface area contributed by atoms with Gasteiger partial charge >= 0.3 is 0 Å². The Balaban J connectivity index is 2.22. The van der Waals surface area contributed by atoms with Crippen LogP contribution in [0.2, 0.25) is 0 Å². The van der Waals surface area contributed by atoms with E-state index in [-0.39, 0.29) is 5.82 Å². The summed E-state index contributed by atoms with van der Waals surface area (Å²) in [6.45, 7) is 4.79. The summed E-state index contributed by atoms with van der Waals surface area (Å²) in [5.41, 5.74) is 1.10. The molecule has 0 unspecified atom stereocenters. The van der Waals surface area contributed by atoms with Gasteiger partial charge in [-0.05, 0) is 37.6 Å². The lowest BCUT2D eigenvalue weighted by Crippen LogP contribution is -2.38. The second-order valence-corrected chi connectivity index (χ2v) is 6.36. The summed E-state index contributed by atoms with van der Waals surface area (Å²) >= 11 is 0. The molecule has 1 N–H and O–H groups in total. The van der Waals surface area contributed by atoms with Gasteiger partial charge in [-0.15, -0.1) is 0 Å². The molecule has 0 aliphatic heterocycles. The van der Waals surface area contributed by atoms with Crippen LogP contribution in [0.4, 0.5) is 4.39 Å². The molecule has 0 radical (unpaired) electrons. The molecule has 0 saturated heterocycles. The number of hydrogen-bond donors (Lipinski definition) is 1. The van der Waals surface area contributed by atoms with Crippen molar-refractivity contribution in [2.24, 2.45) is 0 Å². The maximum Gasteiger partial charge on any atom is 0.127 e. The van der Waals surface area contributed by atoms with Crippen molar-refractivity contribution in [3.05, 3.63) is 71.0 Å². The van der Waals surface area contributed by atoms with E-state index >= 15 is 0 Å². The summed E-state index contributed by atoms with van der Waals surface area (Å²) in [5.74, 6) is -0.335. The Kier molecular flexibility index (Phi) is 5.49. The molecule has 0 heterocycles. The van der Waals surface area contributed by atoms with Crippen LogP contribution in [-0.4, -0.2) is 22.2 Å². The van der Waals surface area contributed by atoms with E-state index in [2.05, 4.69) is 0 Å². The Morgan fingerprint density at radius 3 is 2.43 bits per heavy atom. The summed E-state index contributed by atoms with van der Waals surface area (Å²) in [6, 6.07) is 16.2. The molecule has 0 fully saturated rings. The molecule has 0 aliphatic rings. The number of aliphatic hydroxyl groups is 1. The van der Waals surface area contributed by atoms with Gasteiger partial charge in [-0.3, -0.25) is 4.90 Å².